The molecule has 6 rings (SSSR count). The van der Waals surface area contributed by atoms with Crippen LogP contribution >= 0.6 is 0 Å². The van der Waals surface area contributed by atoms with E-state index in [1.165, 1.54) is 6.33 Å². The Morgan fingerprint density at radius 1 is 1.19 bits per heavy atom. The summed E-state index contributed by atoms with van der Waals surface area (Å²) in [4.78, 5) is 21.0. The molecule has 2 amide bonds. The van der Waals surface area contributed by atoms with Crippen molar-refractivity contribution < 1.29 is 22.5 Å². The first-order chi connectivity index (χ1) is 17.2. The fourth-order valence-electron chi connectivity index (χ4n) is 4.36. The lowest BCUT2D eigenvalue weighted by Gasteiger charge is -2.15. The predicted molar refractivity (Wildman–Crippen MR) is 124 cm³/mol. The number of nitrogens with zero attached hydrogens (tertiary/aromatic N) is 5. The zero-order valence-electron chi connectivity index (χ0n) is 19.1. The quantitative estimate of drug-likeness (QED) is 0.354. The number of rotatable bonds is 5. The molecule has 0 atom stereocenters. The highest BCUT2D eigenvalue weighted by atomic mass is 19.4. The van der Waals surface area contributed by atoms with E-state index in [2.05, 4.69) is 25.8 Å². The summed E-state index contributed by atoms with van der Waals surface area (Å²) in [7, 11) is 0. The highest BCUT2D eigenvalue weighted by Crippen LogP contribution is 2.58. The lowest BCUT2D eigenvalue weighted by atomic mass is 10.0. The van der Waals surface area contributed by atoms with Crippen LogP contribution in [0.15, 0.2) is 35.1 Å². The lowest BCUT2D eigenvalue weighted by Crippen LogP contribution is -2.28. The number of nitrogens with two attached hydrogens (primary N) is 1. The zero-order chi connectivity index (χ0) is 25.2. The number of benzene rings is 1. The molecule has 0 unspecified atom stereocenters. The van der Waals surface area contributed by atoms with E-state index in [4.69, 9.17) is 15.4 Å². The van der Waals surface area contributed by atoms with Crippen molar-refractivity contribution in [1.29, 1.82) is 0 Å². The van der Waals surface area contributed by atoms with E-state index >= 15 is 0 Å². The number of hydrogen-bond donors (Lipinski definition) is 3. The standard InChI is InChI=1S/C23H21F3N8O2/c1-11-8-12(18-17-19(27)28-10-29-20(17)34(32-18)13-3-4-13)2-5-14(11)30-21(35)31-16-9-15(33-36-16)22(6-7-22)23(24,25)26/h2,5,8-10,13H,3-4,6-7H2,1H3,(H2,27,28,29)(H2,30,31,35). The molecule has 0 saturated heterocycles. The molecule has 186 valence electrons. The molecular weight excluding hydrogens is 477 g/mol. The van der Waals surface area contributed by atoms with Crippen LogP contribution in [0.2, 0.25) is 0 Å². The number of hydrogen-bond acceptors (Lipinski definition) is 7. The van der Waals surface area contributed by atoms with Crippen LogP contribution in [-0.4, -0.2) is 37.1 Å². The summed E-state index contributed by atoms with van der Waals surface area (Å²) in [6.07, 6.45) is -1.04. The van der Waals surface area contributed by atoms with E-state index in [0.717, 1.165) is 30.0 Å². The second-order valence-electron chi connectivity index (χ2n) is 9.25. The second-order valence-corrected chi connectivity index (χ2v) is 9.25. The van der Waals surface area contributed by atoms with Crippen LogP contribution in [-0.2, 0) is 5.41 Å². The van der Waals surface area contributed by atoms with Crippen LogP contribution in [0.1, 0.15) is 43.0 Å². The molecule has 10 nitrogen and oxygen atoms in total. The Morgan fingerprint density at radius 2 is 1.97 bits per heavy atom. The molecule has 0 aliphatic heterocycles. The van der Waals surface area contributed by atoms with Crippen LogP contribution in [0.25, 0.3) is 22.3 Å². The Bertz CT molecular complexity index is 1500. The Hall–Kier alpha value is -4.16. The van der Waals surface area contributed by atoms with Gasteiger partial charge in [0, 0.05) is 17.3 Å². The van der Waals surface area contributed by atoms with Gasteiger partial charge in [-0.3, -0.25) is 5.32 Å². The number of nitrogen functional groups attached to an aromatic ring is 1. The Morgan fingerprint density at radius 3 is 2.64 bits per heavy atom. The van der Waals surface area contributed by atoms with Crippen molar-refractivity contribution in [2.24, 2.45) is 0 Å². The van der Waals surface area contributed by atoms with Crippen molar-refractivity contribution in [3.05, 3.63) is 41.9 Å². The summed E-state index contributed by atoms with van der Waals surface area (Å²) in [6, 6.07) is 6.09. The first kappa shape index (κ1) is 22.3. The van der Waals surface area contributed by atoms with E-state index in [9.17, 15) is 18.0 Å². The summed E-state index contributed by atoms with van der Waals surface area (Å²) in [5, 5.41) is 14.0. The average molecular weight is 498 g/mol. The third-order valence-corrected chi connectivity index (χ3v) is 6.69. The Kier molecular flexibility index (Phi) is 4.75. The van der Waals surface area contributed by atoms with Gasteiger partial charge in [-0.05, 0) is 50.3 Å². The van der Waals surface area contributed by atoms with Crippen molar-refractivity contribution in [1.82, 2.24) is 24.9 Å². The Labute approximate surface area is 202 Å². The first-order valence-electron chi connectivity index (χ1n) is 11.4. The van der Waals surface area contributed by atoms with Crippen LogP contribution in [0.4, 0.5) is 35.4 Å². The molecule has 13 heteroatoms. The van der Waals surface area contributed by atoms with E-state index in [-0.39, 0.29) is 24.4 Å². The molecule has 4 N–H and O–H groups in total. The van der Waals surface area contributed by atoms with E-state index in [1.807, 2.05) is 17.7 Å². The largest absolute Gasteiger partial charge is 0.400 e. The van der Waals surface area contributed by atoms with Gasteiger partial charge in [0.15, 0.2) is 5.65 Å². The van der Waals surface area contributed by atoms with E-state index < -0.39 is 17.6 Å². The summed E-state index contributed by atoms with van der Waals surface area (Å²) in [5.74, 6) is 0.172. The number of nitrogens with one attached hydrogen (secondary N) is 2. The van der Waals surface area contributed by atoms with Gasteiger partial charge < -0.3 is 15.6 Å². The molecule has 2 aliphatic rings. The Balaban J connectivity index is 1.21. The maximum atomic E-state index is 13.3. The second kappa shape index (κ2) is 7.67. The van der Waals surface area contributed by atoms with Gasteiger partial charge in [-0.1, -0.05) is 11.2 Å². The lowest BCUT2D eigenvalue weighted by molar-refractivity contribution is -0.161. The summed E-state index contributed by atoms with van der Waals surface area (Å²) in [6.45, 7) is 1.81. The van der Waals surface area contributed by atoms with E-state index in [1.54, 1.807) is 12.1 Å². The number of amides is 2. The topological polar surface area (TPSA) is 137 Å². The molecule has 3 heterocycles. The molecule has 2 aliphatic carbocycles. The number of alkyl halides is 3. The molecule has 2 fully saturated rings. The monoisotopic (exact) mass is 498 g/mol. The van der Waals surface area contributed by atoms with Crippen molar-refractivity contribution in [2.45, 2.75) is 50.2 Å². The van der Waals surface area contributed by atoms with Crippen LogP contribution in [0, 0.1) is 6.92 Å². The normalized spacial score (nSPS) is 16.8. The molecule has 0 bridgehead atoms. The first-order valence-corrected chi connectivity index (χ1v) is 11.4. The highest BCUT2D eigenvalue weighted by Gasteiger charge is 2.66. The summed E-state index contributed by atoms with van der Waals surface area (Å²) in [5.41, 5.74) is 7.29. The SMILES string of the molecule is Cc1cc(-c2nn(C3CC3)c3ncnc(N)c23)ccc1NC(=O)Nc1cc(C2(C(F)(F)F)CC2)no1. The average Bonchev–Trinajstić information content (AvgIpc) is 3.74. The van der Waals surface area contributed by atoms with Crippen molar-refractivity contribution in [3.63, 3.8) is 0 Å². The fraction of sp³-hybridized carbons (Fsp3) is 0.348. The number of halogens is 3. The number of aryl methyl sites for hydroxylation is 1. The molecule has 4 aromatic rings. The third kappa shape index (κ3) is 3.62. The molecule has 0 spiro atoms. The van der Waals surface area contributed by atoms with Gasteiger partial charge in [0.05, 0.1) is 11.4 Å². The summed E-state index contributed by atoms with van der Waals surface area (Å²) < 4.78 is 46.7. The maximum Gasteiger partial charge on any atom is 0.400 e. The van der Waals surface area contributed by atoms with Crippen molar-refractivity contribution in [3.8, 4) is 11.3 Å². The zero-order valence-corrected chi connectivity index (χ0v) is 19.1. The number of carbonyl (C=O) groups is 1. The predicted octanol–water partition coefficient (Wildman–Crippen LogP) is 4.94. The molecule has 3 aromatic heterocycles. The van der Waals surface area contributed by atoms with Gasteiger partial charge in [-0.15, -0.1) is 0 Å². The van der Waals surface area contributed by atoms with Crippen molar-refractivity contribution in [2.75, 3.05) is 16.4 Å². The number of urea groups is 1. The van der Waals surface area contributed by atoms with Gasteiger partial charge in [0.25, 0.3) is 0 Å². The number of carbonyl (C=O) groups excluding carboxylic acids is 1. The maximum absolute atomic E-state index is 13.3. The minimum absolute atomic E-state index is 0.0494. The molecule has 2 saturated carbocycles. The third-order valence-electron chi connectivity index (χ3n) is 6.69. The van der Waals surface area contributed by atoms with Crippen LogP contribution in [0.3, 0.4) is 0 Å². The number of anilines is 3. The minimum Gasteiger partial charge on any atom is -0.383 e. The molecule has 36 heavy (non-hydrogen) atoms. The molecule has 0 radical (unpaired) electrons. The van der Waals surface area contributed by atoms with E-state index in [0.29, 0.717) is 34.3 Å². The van der Waals surface area contributed by atoms with Crippen molar-refractivity contribution >= 4 is 34.5 Å². The van der Waals surface area contributed by atoms with Gasteiger partial charge in [-0.25, -0.2) is 19.4 Å². The van der Waals surface area contributed by atoms with Gasteiger partial charge >= 0.3 is 12.2 Å². The van der Waals surface area contributed by atoms with Gasteiger partial charge in [0.1, 0.15) is 28.9 Å². The number of aromatic nitrogens is 5. The molecular formula is C23H21F3N8O2. The van der Waals surface area contributed by atoms with Crippen LogP contribution < -0.4 is 16.4 Å². The summed E-state index contributed by atoms with van der Waals surface area (Å²) >= 11 is 0. The minimum atomic E-state index is -4.42. The number of fused-ring (bicyclic) bond motifs is 1. The van der Waals surface area contributed by atoms with Gasteiger partial charge in [0.2, 0.25) is 5.88 Å². The molecule has 1 aromatic carbocycles. The van der Waals surface area contributed by atoms with Gasteiger partial charge in [-0.2, -0.15) is 18.3 Å². The highest BCUT2D eigenvalue weighted by molar-refractivity contribution is 6.01. The smallest absolute Gasteiger partial charge is 0.383 e. The fourth-order valence-corrected chi connectivity index (χ4v) is 4.36. The van der Waals surface area contributed by atoms with Crippen LogP contribution in [0.5, 0.6) is 0 Å².